The summed E-state index contributed by atoms with van der Waals surface area (Å²) in [6.45, 7) is 2.30. The second-order valence-electron chi connectivity index (χ2n) is 5.30. The molecule has 1 N–H and O–H groups in total. The third-order valence-corrected chi connectivity index (χ3v) is 3.93. The molecule has 0 spiro atoms. The van der Waals surface area contributed by atoms with E-state index in [9.17, 15) is 0 Å². The number of pyridine rings is 1. The quantitative estimate of drug-likeness (QED) is 0.917. The first-order valence-corrected chi connectivity index (χ1v) is 6.98. The monoisotopic (exact) mass is 256 g/mol. The summed E-state index contributed by atoms with van der Waals surface area (Å²) < 4.78 is 5.28. The molecule has 0 unspecified atom stereocenters. The van der Waals surface area contributed by atoms with Gasteiger partial charge in [-0.1, -0.05) is 0 Å². The van der Waals surface area contributed by atoms with Gasteiger partial charge >= 0.3 is 0 Å². The number of hydrogen-bond donors (Lipinski definition) is 1. The second kappa shape index (κ2) is 5.57. The molecule has 1 aliphatic rings. The van der Waals surface area contributed by atoms with Crippen LogP contribution >= 0.6 is 0 Å². The lowest BCUT2D eigenvalue weighted by atomic mass is 9.91. The van der Waals surface area contributed by atoms with Crippen molar-refractivity contribution < 1.29 is 4.74 Å². The summed E-state index contributed by atoms with van der Waals surface area (Å²) in [6, 6.07) is 8.30. The van der Waals surface area contributed by atoms with Crippen LogP contribution in [0.2, 0.25) is 0 Å². The molecule has 0 saturated carbocycles. The minimum Gasteiger partial charge on any atom is -0.497 e. The fraction of sp³-hybridized carbons (Fsp3) is 0.438. The highest BCUT2D eigenvalue weighted by Crippen LogP contribution is 2.23. The molecule has 0 bridgehead atoms. The summed E-state index contributed by atoms with van der Waals surface area (Å²) in [5.74, 6) is 1.69. The first kappa shape index (κ1) is 12.4. The number of fused-ring (bicyclic) bond motifs is 1. The van der Waals surface area contributed by atoms with Crippen LogP contribution in [-0.4, -0.2) is 25.2 Å². The van der Waals surface area contributed by atoms with Gasteiger partial charge in [-0.2, -0.15) is 0 Å². The summed E-state index contributed by atoms with van der Waals surface area (Å²) in [5, 5.41) is 4.59. The van der Waals surface area contributed by atoms with Crippen LogP contribution in [0.5, 0.6) is 5.75 Å². The van der Waals surface area contributed by atoms with Crippen LogP contribution < -0.4 is 10.1 Å². The average Bonchev–Trinajstić information content (AvgIpc) is 2.47. The molecule has 0 radical (unpaired) electrons. The largest absolute Gasteiger partial charge is 0.497 e. The van der Waals surface area contributed by atoms with E-state index in [0.29, 0.717) is 0 Å². The fourth-order valence-electron chi connectivity index (χ4n) is 2.81. The Morgan fingerprint density at radius 2 is 2.11 bits per heavy atom. The van der Waals surface area contributed by atoms with E-state index < -0.39 is 0 Å². The van der Waals surface area contributed by atoms with Gasteiger partial charge in [0.15, 0.2) is 0 Å². The zero-order valence-corrected chi connectivity index (χ0v) is 11.4. The predicted molar refractivity (Wildman–Crippen MR) is 77.6 cm³/mol. The van der Waals surface area contributed by atoms with Gasteiger partial charge in [0.25, 0.3) is 0 Å². The maximum absolute atomic E-state index is 5.28. The summed E-state index contributed by atoms with van der Waals surface area (Å²) in [5.41, 5.74) is 2.38. The molecule has 3 rings (SSSR count). The molecular formula is C16H20N2O. The SMILES string of the molecule is COc1ccc2ncc(CC3CCNCC3)cc2c1. The minimum atomic E-state index is 0.797. The van der Waals surface area contributed by atoms with Crippen molar-refractivity contribution in [3.8, 4) is 5.75 Å². The van der Waals surface area contributed by atoms with Crippen LogP contribution in [0.4, 0.5) is 0 Å². The molecule has 0 atom stereocenters. The first-order valence-electron chi connectivity index (χ1n) is 6.98. The summed E-state index contributed by atoms with van der Waals surface area (Å²) in [4.78, 5) is 4.55. The molecule has 1 aromatic carbocycles. The van der Waals surface area contributed by atoms with Crippen LogP contribution in [-0.2, 0) is 6.42 Å². The van der Waals surface area contributed by atoms with E-state index in [2.05, 4.69) is 22.4 Å². The maximum Gasteiger partial charge on any atom is 0.119 e. The standard InChI is InChI=1S/C16H20N2O/c1-19-15-2-3-16-14(10-15)9-13(11-18-16)8-12-4-6-17-7-5-12/h2-3,9-12,17H,4-8H2,1H3. The molecule has 100 valence electrons. The number of hydrogen-bond acceptors (Lipinski definition) is 3. The number of nitrogens with one attached hydrogen (secondary N) is 1. The van der Waals surface area contributed by atoms with Crippen molar-refractivity contribution in [2.24, 2.45) is 5.92 Å². The van der Waals surface area contributed by atoms with Crippen molar-refractivity contribution in [1.29, 1.82) is 0 Å². The summed E-state index contributed by atoms with van der Waals surface area (Å²) in [6.07, 6.45) is 5.71. The third kappa shape index (κ3) is 2.87. The number of nitrogens with zero attached hydrogens (tertiary/aromatic N) is 1. The molecule has 19 heavy (non-hydrogen) atoms. The van der Waals surface area contributed by atoms with Crippen LogP contribution in [0.15, 0.2) is 30.5 Å². The molecule has 3 heteroatoms. The molecule has 0 aliphatic carbocycles. The Balaban J connectivity index is 1.83. The Bertz CT molecular complexity index is 562. The van der Waals surface area contributed by atoms with Gasteiger partial charge in [-0.15, -0.1) is 0 Å². The van der Waals surface area contributed by atoms with Gasteiger partial charge in [-0.3, -0.25) is 4.98 Å². The molecule has 0 amide bonds. The van der Waals surface area contributed by atoms with Gasteiger partial charge in [-0.05, 0) is 68.1 Å². The second-order valence-corrected chi connectivity index (χ2v) is 5.30. The van der Waals surface area contributed by atoms with E-state index in [1.54, 1.807) is 7.11 Å². The Hall–Kier alpha value is -1.61. The Labute approximate surface area is 114 Å². The average molecular weight is 256 g/mol. The molecule has 2 heterocycles. The van der Waals surface area contributed by atoms with Crippen molar-refractivity contribution in [3.05, 3.63) is 36.0 Å². The summed E-state index contributed by atoms with van der Waals surface area (Å²) >= 11 is 0. The number of rotatable bonds is 3. The zero-order chi connectivity index (χ0) is 13.1. The van der Waals surface area contributed by atoms with Gasteiger partial charge < -0.3 is 10.1 Å². The lowest BCUT2D eigenvalue weighted by Crippen LogP contribution is -2.28. The molecule has 1 saturated heterocycles. The van der Waals surface area contributed by atoms with Crippen LogP contribution in [0.25, 0.3) is 10.9 Å². The highest BCUT2D eigenvalue weighted by molar-refractivity contribution is 5.80. The molecule has 1 aromatic heterocycles. The zero-order valence-electron chi connectivity index (χ0n) is 11.4. The Kier molecular flexibility index (Phi) is 3.65. The lowest BCUT2D eigenvalue weighted by Gasteiger charge is -2.22. The molecule has 1 aliphatic heterocycles. The van der Waals surface area contributed by atoms with Crippen molar-refractivity contribution >= 4 is 10.9 Å². The van der Waals surface area contributed by atoms with Crippen molar-refractivity contribution in [3.63, 3.8) is 0 Å². The number of methoxy groups -OCH3 is 1. The van der Waals surface area contributed by atoms with Crippen molar-refractivity contribution in [2.75, 3.05) is 20.2 Å². The number of benzene rings is 1. The number of piperidine rings is 1. The number of ether oxygens (including phenoxy) is 1. The maximum atomic E-state index is 5.28. The van der Waals surface area contributed by atoms with Crippen LogP contribution in [0.1, 0.15) is 18.4 Å². The van der Waals surface area contributed by atoms with Gasteiger partial charge in [-0.25, -0.2) is 0 Å². The molecule has 1 fully saturated rings. The van der Waals surface area contributed by atoms with Gasteiger partial charge in [0.1, 0.15) is 5.75 Å². The third-order valence-electron chi connectivity index (χ3n) is 3.93. The lowest BCUT2D eigenvalue weighted by molar-refractivity contribution is 0.372. The highest BCUT2D eigenvalue weighted by atomic mass is 16.5. The van der Waals surface area contributed by atoms with Gasteiger partial charge in [0.05, 0.1) is 12.6 Å². The van der Waals surface area contributed by atoms with Gasteiger partial charge in [0, 0.05) is 11.6 Å². The van der Waals surface area contributed by atoms with E-state index >= 15 is 0 Å². The fourth-order valence-corrected chi connectivity index (χ4v) is 2.81. The van der Waals surface area contributed by atoms with Crippen molar-refractivity contribution in [1.82, 2.24) is 10.3 Å². The smallest absolute Gasteiger partial charge is 0.119 e. The Morgan fingerprint density at radius 3 is 2.89 bits per heavy atom. The normalized spacial score (nSPS) is 16.7. The van der Waals surface area contributed by atoms with Crippen LogP contribution in [0.3, 0.4) is 0 Å². The van der Waals surface area contributed by atoms with E-state index in [1.807, 2.05) is 18.3 Å². The van der Waals surface area contributed by atoms with E-state index in [0.717, 1.165) is 36.7 Å². The van der Waals surface area contributed by atoms with Crippen molar-refractivity contribution in [2.45, 2.75) is 19.3 Å². The predicted octanol–water partition coefficient (Wildman–Crippen LogP) is 2.79. The van der Waals surface area contributed by atoms with Gasteiger partial charge in [0.2, 0.25) is 0 Å². The first-order chi connectivity index (χ1) is 9.35. The molecule has 3 nitrogen and oxygen atoms in total. The van der Waals surface area contributed by atoms with E-state index in [-0.39, 0.29) is 0 Å². The minimum absolute atomic E-state index is 0.797. The topological polar surface area (TPSA) is 34.1 Å². The highest BCUT2D eigenvalue weighted by Gasteiger charge is 2.13. The number of aromatic nitrogens is 1. The van der Waals surface area contributed by atoms with E-state index in [1.165, 1.54) is 23.8 Å². The molecular weight excluding hydrogens is 236 g/mol. The van der Waals surface area contributed by atoms with Crippen LogP contribution in [0, 0.1) is 5.92 Å². The van der Waals surface area contributed by atoms with E-state index in [4.69, 9.17) is 4.74 Å². The summed E-state index contributed by atoms with van der Waals surface area (Å²) in [7, 11) is 1.70. The Morgan fingerprint density at radius 1 is 1.26 bits per heavy atom. The molecule has 2 aromatic rings.